The molecule has 0 bridgehead atoms. The zero-order valence-corrected chi connectivity index (χ0v) is 21.5. The number of hydrogen-bond donors (Lipinski definition) is 1. The summed E-state index contributed by atoms with van der Waals surface area (Å²) in [7, 11) is -2.70. The predicted molar refractivity (Wildman–Crippen MR) is 137 cm³/mol. The molecule has 9 heteroatoms. The molecule has 3 rings (SSSR count). The number of aryl methyl sites for hydroxylation is 2. The maximum atomic E-state index is 14.4. The minimum Gasteiger partial charge on any atom is -0.357 e. The van der Waals surface area contributed by atoms with Crippen LogP contribution < -0.4 is 9.62 Å². The summed E-state index contributed by atoms with van der Waals surface area (Å²) in [5.41, 5.74) is 2.16. The zero-order chi connectivity index (χ0) is 26.5. The number of halogens is 1. The van der Waals surface area contributed by atoms with Crippen LogP contribution >= 0.6 is 0 Å². The number of rotatable bonds is 9. The van der Waals surface area contributed by atoms with E-state index in [2.05, 4.69) is 5.32 Å². The molecule has 0 aliphatic rings. The molecular formula is C27H30FN3O4S. The van der Waals surface area contributed by atoms with Gasteiger partial charge in [-0.2, -0.15) is 0 Å². The molecule has 1 N–H and O–H groups in total. The van der Waals surface area contributed by atoms with Crippen LogP contribution in [0.15, 0.2) is 77.7 Å². The number of hydrogen-bond acceptors (Lipinski definition) is 4. The largest absolute Gasteiger partial charge is 0.357 e. The first-order valence-corrected chi connectivity index (χ1v) is 12.9. The van der Waals surface area contributed by atoms with E-state index in [9.17, 15) is 22.4 Å². The van der Waals surface area contributed by atoms with Crippen LogP contribution in [-0.4, -0.2) is 44.8 Å². The van der Waals surface area contributed by atoms with E-state index in [1.54, 1.807) is 43.3 Å². The van der Waals surface area contributed by atoms with Crippen molar-refractivity contribution in [1.82, 2.24) is 10.2 Å². The topological polar surface area (TPSA) is 86.8 Å². The Morgan fingerprint density at radius 2 is 1.61 bits per heavy atom. The molecule has 0 aromatic heterocycles. The van der Waals surface area contributed by atoms with Gasteiger partial charge >= 0.3 is 0 Å². The van der Waals surface area contributed by atoms with Crippen molar-refractivity contribution in [3.8, 4) is 0 Å². The highest BCUT2D eigenvalue weighted by Crippen LogP contribution is 2.28. The maximum absolute atomic E-state index is 14.4. The van der Waals surface area contributed by atoms with Crippen molar-refractivity contribution >= 4 is 27.5 Å². The van der Waals surface area contributed by atoms with Crippen LogP contribution in [0.3, 0.4) is 0 Å². The summed E-state index contributed by atoms with van der Waals surface area (Å²) < 4.78 is 42.9. The number of carbonyl (C=O) groups excluding carboxylic acids is 2. The fourth-order valence-corrected chi connectivity index (χ4v) is 5.42. The summed E-state index contributed by atoms with van der Waals surface area (Å²) >= 11 is 0. The normalized spacial score (nSPS) is 12.0. The molecule has 2 amide bonds. The minimum absolute atomic E-state index is 0.0257. The number of nitrogens with zero attached hydrogens (tertiary/aromatic N) is 2. The third kappa shape index (κ3) is 5.91. The first-order chi connectivity index (χ1) is 17.1. The molecule has 3 aromatic rings. The van der Waals surface area contributed by atoms with Crippen molar-refractivity contribution in [2.45, 2.75) is 38.3 Å². The van der Waals surface area contributed by atoms with Crippen molar-refractivity contribution in [1.29, 1.82) is 0 Å². The van der Waals surface area contributed by atoms with Crippen molar-refractivity contribution in [3.05, 3.63) is 95.3 Å². The highest BCUT2D eigenvalue weighted by atomic mass is 32.2. The van der Waals surface area contributed by atoms with Crippen LogP contribution in [0, 0.1) is 19.7 Å². The molecule has 1 atom stereocenters. The molecule has 36 heavy (non-hydrogen) atoms. The fourth-order valence-electron chi connectivity index (χ4n) is 3.92. The standard InChI is InChI=1S/C27H30FN3O4S/c1-19-14-15-25(20(2)16-19)31(36(34,35)23-11-6-5-7-12-23)18-26(32)30(21(3)27(33)29-4)17-22-10-8-9-13-24(22)28/h5-16,21H,17-18H2,1-4H3,(H,29,33)/t21-/m0/s1. The Balaban J connectivity index is 2.07. The number of amides is 2. The van der Waals surface area contributed by atoms with Crippen LogP contribution in [0.5, 0.6) is 0 Å². The minimum atomic E-state index is -4.14. The maximum Gasteiger partial charge on any atom is 0.264 e. The monoisotopic (exact) mass is 511 g/mol. The average molecular weight is 512 g/mol. The number of likely N-dealkylation sites (N-methyl/N-ethyl adjacent to an activating group) is 1. The van der Waals surface area contributed by atoms with E-state index in [1.165, 1.54) is 49.2 Å². The molecule has 0 radical (unpaired) electrons. The fraction of sp³-hybridized carbons (Fsp3) is 0.259. The Bertz CT molecular complexity index is 1350. The number of carbonyl (C=O) groups is 2. The van der Waals surface area contributed by atoms with Crippen LogP contribution in [0.1, 0.15) is 23.6 Å². The van der Waals surface area contributed by atoms with Crippen LogP contribution in [0.2, 0.25) is 0 Å². The summed E-state index contributed by atoms with van der Waals surface area (Å²) in [4.78, 5) is 27.4. The van der Waals surface area contributed by atoms with Gasteiger partial charge in [-0.1, -0.05) is 54.1 Å². The Kier molecular flexibility index (Phi) is 8.47. The van der Waals surface area contributed by atoms with Gasteiger partial charge in [0.2, 0.25) is 11.8 Å². The van der Waals surface area contributed by atoms with Gasteiger partial charge in [-0.3, -0.25) is 13.9 Å². The van der Waals surface area contributed by atoms with E-state index in [1.807, 2.05) is 13.0 Å². The number of nitrogens with one attached hydrogen (secondary N) is 1. The number of benzene rings is 3. The van der Waals surface area contributed by atoms with Crippen LogP contribution in [-0.2, 0) is 26.2 Å². The van der Waals surface area contributed by atoms with E-state index in [0.29, 0.717) is 11.3 Å². The molecule has 0 saturated carbocycles. The average Bonchev–Trinajstić information content (AvgIpc) is 2.86. The molecule has 7 nitrogen and oxygen atoms in total. The lowest BCUT2D eigenvalue weighted by Crippen LogP contribution is -2.51. The summed E-state index contributed by atoms with van der Waals surface area (Å²) in [5.74, 6) is -1.62. The molecule has 0 heterocycles. The highest BCUT2D eigenvalue weighted by Gasteiger charge is 2.33. The van der Waals surface area contributed by atoms with Gasteiger partial charge in [0.05, 0.1) is 10.6 Å². The van der Waals surface area contributed by atoms with Crippen molar-refractivity contribution in [2.75, 3.05) is 17.9 Å². The molecule has 0 spiro atoms. The summed E-state index contributed by atoms with van der Waals surface area (Å²) in [6.45, 7) is 4.40. The Morgan fingerprint density at radius 1 is 0.972 bits per heavy atom. The first-order valence-electron chi connectivity index (χ1n) is 11.5. The summed E-state index contributed by atoms with van der Waals surface area (Å²) in [6, 6.07) is 18.1. The molecule has 0 aliphatic carbocycles. The predicted octanol–water partition coefficient (Wildman–Crippen LogP) is 3.80. The Hall–Kier alpha value is -3.72. The van der Waals surface area contributed by atoms with Gasteiger partial charge < -0.3 is 10.2 Å². The summed E-state index contributed by atoms with van der Waals surface area (Å²) in [5, 5.41) is 2.50. The first kappa shape index (κ1) is 26.9. The van der Waals surface area contributed by atoms with E-state index < -0.39 is 40.2 Å². The second kappa shape index (κ2) is 11.3. The third-order valence-corrected chi connectivity index (χ3v) is 7.72. The van der Waals surface area contributed by atoms with Gasteiger partial charge in [0, 0.05) is 19.2 Å². The molecule has 0 saturated heterocycles. The molecule has 190 valence electrons. The van der Waals surface area contributed by atoms with E-state index in [0.717, 1.165) is 9.87 Å². The lowest BCUT2D eigenvalue weighted by Gasteiger charge is -2.32. The van der Waals surface area contributed by atoms with Crippen molar-refractivity contribution in [2.24, 2.45) is 0 Å². The molecule has 0 unspecified atom stereocenters. The van der Waals surface area contributed by atoms with Gasteiger partial charge in [0.15, 0.2) is 0 Å². The zero-order valence-electron chi connectivity index (χ0n) is 20.7. The van der Waals surface area contributed by atoms with E-state index >= 15 is 0 Å². The third-order valence-electron chi connectivity index (χ3n) is 5.94. The van der Waals surface area contributed by atoms with Gasteiger partial charge in [-0.05, 0) is 50.6 Å². The molecular weight excluding hydrogens is 481 g/mol. The SMILES string of the molecule is CNC(=O)[C@H](C)N(Cc1ccccc1F)C(=O)CN(c1ccc(C)cc1C)S(=O)(=O)c1ccccc1. The Labute approximate surface area is 211 Å². The molecule has 0 fully saturated rings. The Morgan fingerprint density at radius 3 is 2.22 bits per heavy atom. The molecule has 0 aliphatic heterocycles. The second-order valence-electron chi connectivity index (χ2n) is 8.52. The van der Waals surface area contributed by atoms with Gasteiger partial charge in [-0.15, -0.1) is 0 Å². The van der Waals surface area contributed by atoms with E-state index in [4.69, 9.17) is 0 Å². The van der Waals surface area contributed by atoms with Gasteiger partial charge in [0.1, 0.15) is 18.4 Å². The second-order valence-corrected chi connectivity index (χ2v) is 10.4. The number of sulfonamides is 1. The summed E-state index contributed by atoms with van der Waals surface area (Å²) in [6.07, 6.45) is 0. The lowest BCUT2D eigenvalue weighted by atomic mass is 10.1. The van der Waals surface area contributed by atoms with E-state index in [-0.39, 0.29) is 17.0 Å². The van der Waals surface area contributed by atoms with Crippen molar-refractivity contribution < 1.29 is 22.4 Å². The van der Waals surface area contributed by atoms with Gasteiger partial charge in [0.25, 0.3) is 10.0 Å². The van der Waals surface area contributed by atoms with Crippen LogP contribution in [0.25, 0.3) is 0 Å². The lowest BCUT2D eigenvalue weighted by molar-refractivity contribution is -0.139. The van der Waals surface area contributed by atoms with Gasteiger partial charge in [-0.25, -0.2) is 12.8 Å². The van der Waals surface area contributed by atoms with Crippen molar-refractivity contribution in [3.63, 3.8) is 0 Å². The highest BCUT2D eigenvalue weighted by molar-refractivity contribution is 7.92. The number of anilines is 1. The quantitative estimate of drug-likeness (QED) is 0.474. The molecule has 3 aromatic carbocycles. The smallest absolute Gasteiger partial charge is 0.264 e. The van der Waals surface area contributed by atoms with Crippen LogP contribution in [0.4, 0.5) is 10.1 Å².